The summed E-state index contributed by atoms with van der Waals surface area (Å²) in [5, 5.41) is 8.45. The highest BCUT2D eigenvalue weighted by Crippen LogP contribution is 2.11. The number of carboxylic acid groups (broad SMARTS) is 1. The Kier molecular flexibility index (Phi) is 15.0. The smallest absolute Gasteiger partial charge is 0.341 e. The van der Waals surface area contributed by atoms with Crippen LogP contribution >= 0.6 is 23.2 Å². The second kappa shape index (κ2) is 16.9. The van der Waals surface area contributed by atoms with Crippen LogP contribution in [0, 0.1) is 0 Å². The largest absolute Gasteiger partial charge is 0.484 e. The van der Waals surface area contributed by atoms with Gasteiger partial charge in [0.05, 0.1) is 0 Å². The number of halogens is 2. The van der Waals surface area contributed by atoms with E-state index < -0.39 is 16.5 Å². The molecule has 33 heavy (non-hydrogen) atoms. The lowest BCUT2D eigenvalue weighted by atomic mass is 10.2. The molecule has 2 aromatic carbocycles. The quantitative estimate of drug-likeness (QED) is 0.299. The van der Waals surface area contributed by atoms with Gasteiger partial charge in [0.15, 0.2) is 13.2 Å². The fraction of sp³-hybridized carbons (Fsp3) is 0.143. The highest BCUT2D eigenvalue weighted by atomic mass is 35.5. The van der Waals surface area contributed by atoms with Crippen LogP contribution in [0.1, 0.15) is 20.7 Å². The maximum absolute atomic E-state index is 10.8. The van der Waals surface area contributed by atoms with Gasteiger partial charge in [0.25, 0.3) is 5.91 Å². The summed E-state index contributed by atoms with van der Waals surface area (Å²) >= 11 is 8.98. The van der Waals surface area contributed by atoms with Crippen LogP contribution in [0.25, 0.3) is 0 Å². The zero-order valence-electron chi connectivity index (χ0n) is 17.2. The monoisotopic (exact) mass is 499 g/mol. The van der Waals surface area contributed by atoms with Crippen LogP contribution in [-0.2, 0) is 19.2 Å². The summed E-state index contributed by atoms with van der Waals surface area (Å²) in [4.78, 5) is 60.4. The fourth-order valence-electron chi connectivity index (χ4n) is 1.65. The molecule has 176 valence electrons. The van der Waals surface area contributed by atoms with Crippen LogP contribution in [0.5, 0.6) is 11.5 Å². The van der Waals surface area contributed by atoms with E-state index >= 15 is 0 Å². The van der Waals surface area contributed by atoms with Crippen molar-refractivity contribution in [2.24, 2.45) is 0 Å². The summed E-state index contributed by atoms with van der Waals surface area (Å²) in [6.07, 6.45) is 1.46. The molecule has 2 aromatic rings. The molecule has 0 aliphatic rings. The zero-order valence-corrected chi connectivity index (χ0v) is 18.7. The van der Waals surface area contributed by atoms with E-state index in [1.54, 1.807) is 55.6 Å². The van der Waals surface area contributed by atoms with Gasteiger partial charge >= 0.3 is 16.5 Å². The van der Waals surface area contributed by atoms with Crippen molar-refractivity contribution in [1.82, 2.24) is 5.32 Å². The topological polar surface area (TPSA) is 153 Å². The number of likely N-dealkylation sites (N-methyl/N-ethyl adjacent to an activating group) is 1. The van der Waals surface area contributed by atoms with Crippen molar-refractivity contribution >= 4 is 58.1 Å². The standard InChI is InChI=1S/C10H11NO3.C9H8O4.C2Cl2O2/c1-11-10(13)7-14-9-4-2-8(6-12)3-5-9;10-5-7-1-3-8(4-2-7)13-6-9(11)12;3-1(5)2(4)6/h2-6H,7H2,1H3,(H,11,13);1-5H,6H2,(H,11,12);. The molecule has 10 nitrogen and oxygen atoms in total. The number of aliphatic carboxylic acids is 1. The van der Waals surface area contributed by atoms with Gasteiger partial charge in [-0.15, -0.1) is 0 Å². The Labute approximate surface area is 198 Å². The van der Waals surface area contributed by atoms with Crippen LogP contribution in [0.3, 0.4) is 0 Å². The van der Waals surface area contributed by atoms with E-state index in [-0.39, 0.29) is 19.1 Å². The molecule has 0 atom stereocenters. The summed E-state index contributed by atoms with van der Waals surface area (Å²) in [7, 11) is 1.54. The van der Waals surface area contributed by atoms with E-state index in [2.05, 4.69) is 28.5 Å². The van der Waals surface area contributed by atoms with Crippen LogP contribution in [-0.4, -0.2) is 60.3 Å². The van der Waals surface area contributed by atoms with Gasteiger partial charge in [-0.3, -0.25) is 24.0 Å². The number of amides is 1. The highest BCUT2D eigenvalue weighted by molar-refractivity contribution is 6.97. The second-order valence-corrected chi connectivity index (χ2v) is 6.25. The number of benzene rings is 2. The van der Waals surface area contributed by atoms with E-state index in [1.807, 2.05) is 0 Å². The minimum atomic E-state index is -1.14. The van der Waals surface area contributed by atoms with Crippen molar-refractivity contribution in [2.45, 2.75) is 0 Å². The minimum Gasteiger partial charge on any atom is -0.484 e. The minimum absolute atomic E-state index is 0.0169. The summed E-state index contributed by atoms with van der Waals surface area (Å²) in [5.74, 6) is -0.212. The Hall–Kier alpha value is -3.76. The van der Waals surface area contributed by atoms with Crippen molar-refractivity contribution in [3.63, 3.8) is 0 Å². The number of aldehydes is 2. The average molecular weight is 500 g/mol. The number of rotatable bonds is 9. The Morgan fingerprint density at radius 3 is 1.42 bits per heavy atom. The number of hydrogen-bond acceptors (Lipinski definition) is 8. The molecular formula is C21H19Cl2NO9. The van der Waals surface area contributed by atoms with E-state index in [9.17, 15) is 28.8 Å². The summed E-state index contributed by atoms with van der Waals surface area (Å²) in [5.41, 5.74) is 1.11. The predicted molar refractivity (Wildman–Crippen MR) is 118 cm³/mol. The molecule has 0 fully saturated rings. The van der Waals surface area contributed by atoms with Gasteiger partial charge in [-0.25, -0.2) is 4.79 Å². The van der Waals surface area contributed by atoms with E-state index in [4.69, 9.17) is 14.6 Å². The highest BCUT2D eigenvalue weighted by Gasteiger charge is 2.02. The van der Waals surface area contributed by atoms with E-state index in [0.29, 0.717) is 28.9 Å². The third kappa shape index (κ3) is 14.8. The Morgan fingerprint density at radius 2 is 1.15 bits per heavy atom. The third-order valence-corrected chi connectivity index (χ3v) is 3.64. The number of carboxylic acids is 1. The lowest BCUT2D eigenvalue weighted by molar-refractivity contribution is -0.139. The maximum Gasteiger partial charge on any atom is 0.341 e. The number of hydrogen-bond donors (Lipinski definition) is 2. The fourth-order valence-corrected chi connectivity index (χ4v) is 1.65. The molecule has 0 bridgehead atoms. The number of nitrogens with one attached hydrogen (secondary N) is 1. The summed E-state index contributed by atoms with van der Waals surface area (Å²) in [6.45, 7) is -0.391. The van der Waals surface area contributed by atoms with Gasteiger partial charge in [-0.1, -0.05) is 0 Å². The first-order valence-electron chi connectivity index (χ1n) is 8.80. The zero-order chi connectivity index (χ0) is 25.2. The molecule has 0 aromatic heterocycles. The summed E-state index contributed by atoms with van der Waals surface area (Å²) < 4.78 is 9.98. The van der Waals surface area contributed by atoms with Crippen LogP contribution in [0.4, 0.5) is 0 Å². The molecule has 0 saturated heterocycles. The summed E-state index contributed by atoms with van der Waals surface area (Å²) in [6, 6.07) is 12.8. The molecule has 2 rings (SSSR count). The molecule has 0 heterocycles. The van der Waals surface area contributed by atoms with Gasteiger partial charge in [0.1, 0.15) is 24.1 Å². The first-order chi connectivity index (χ1) is 15.6. The molecule has 0 unspecified atom stereocenters. The molecule has 0 spiro atoms. The first kappa shape index (κ1) is 29.2. The molecule has 1 amide bonds. The van der Waals surface area contributed by atoms with Gasteiger partial charge in [-0.2, -0.15) is 0 Å². The molecule has 0 radical (unpaired) electrons. The Balaban J connectivity index is 0.000000503. The number of carbonyl (C=O) groups is 6. The van der Waals surface area contributed by atoms with Crippen molar-refractivity contribution < 1.29 is 43.3 Å². The number of ether oxygens (including phenoxy) is 2. The normalized spacial score (nSPS) is 8.94. The molecule has 12 heteroatoms. The van der Waals surface area contributed by atoms with Crippen molar-refractivity contribution in [3.8, 4) is 11.5 Å². The van der Waals surface area contributed by atoms with Crippen molar-refractivity contribution in [2.75, 3.05) is 20.3 Å². The van der Waals surface area contributed by atoms with Gasteiger partial charge in [0.2, 0.25) is 0 Å². The van der Waals surface area contributed by atoms with E-state index in [1.165, 1.54) is 0 Å². The second-order valence-electron chi connectivity index (χ2n) is 5.57. The predicted octanol–water partition coefficient (Wildman–Crippen LogP) is 2.10. The lowest BCUT2D eigenvalue weighted by Crippen LogP contribution is -2.24. The first-order valence-corrected chi connectivity index (χ1v) is 9.56. The third-order valence-electron chi connectivity index (χ3n) is 3.20. The molecular weight excluding hydrogens is 481 g/mol. The SMILES string of the molecule is CNC(=O)COc1ccc(C=O)cc1.O=C(Cl)C(=O)Cl.O=Cc1ccc(OCC(=O)O)cc1. The van der Waals surface area contributed by atoms with Gasteiger partial charge in [0, 0.05) is 18.2 Å². The average Bonchev–Trinajstić information content (AvgIpc) is 2.82. The Morgan fingerprint density at radius 1 is 0.788 bits per heavy atom. The van der Waals surface area contributed by atoms with E-state index in [0.717, 1.165) is 6.29 Å². The molecule has 0 aliphatic carbocycles. The molecule has 0 aliphatic heterocycles. The van der Waals surface area contributed by atoms with Crippen molar-refractivity contribution in [1.29, 1.82) is 0 Å². The van der Waals surface area contributed by atoms with Gasteiger partial charge < -0.3 is 19.9 Å². The Bertz CT molecular complexity index is 933. The van der Waals surface area contributed by atoms with Crippen molar-refractivity contribution in [3.05, 3.63) is 59.7 Å². The van der Waals surface area contributed by atoms with Crippen LogP contribution in [0.15, 0.2) is 48.5 Å². The molecule has 0 saturated carbocycles. The molecule has 2 N–H and O–H groups in total. The maximum atomic E-state index is 10.8. The van der Waals surface area contributed by atoms with Gasteiger partial charge in [-0.05, 0) is 71.7 Å². The number of carbonyl (C=O) groups excluding carboxylic acids is 5. The van der Waals surface area contributed by atoms with Crippen LogP contribution < -0.4 is 14.8 Å². The van der Waals surface area contributed by atoms with Crippen LogP contribution in [0.2, 0.25) is 0 Å². The lowest BCUT2D eigenvalue weighted by Gasteiger charge is -2.04.